The van der Waals surface area contributed by atoms with Gasteiger partial charge in [0.25, 0.3) is 0 Å². The Morgan fingerprint density at radius 3 is 2.04 bits per heavy atom. The zero-order valence-electron chi connectivity index (χ0n) is 30.6. The standard InChI is InChI=1S/C21H26O5.C21H30O3/c1-19-7-5-13(23)9-12(19)3-4-14-15-6-8-21(26,17(25)11-22)20(15,2)10-16(24)18(14)19;1-13(22)21(24)11-8-18-16-5-4-14-12-15(23)6-9-19(14,2)17(16)7-10-20(18,21)3/h5,7,9,14-15,18,22,26H,3-4,6,8,10-11H2,1-2H3;12,16-18,24H,4-11H2,1-3H3/t14-,15-,18+,19-,20-,21-;16-,17+,18+,19+,20+,21+/m01/s1. The molecule has 0 aromatic carbocycles. The highest BCUT2D eigenvalue weighted by Crippen LogP contribution is 2.68. The van der Waals surface area contributed by atoms with Crippen molar-refractivity contribution < 1.29 is 39.3 Å². The number of hydrogen-bond donors (Lipinski definition) is 3. The van der Waals surface area contributed by atoms with Gasteiger partial charge in [-0.1, -0.05) is 44.9 Å². The second-order valence-electron chi connectivity index (χ2n) is 18.4. The first-order valence-corrected chi connectivity index (χ1v) is 19.2. The number of aliphatic hydroxyl groups excluding tert-OH is 1. The molecule has 0 bridgehead atoms. The van der Waals surface area contributed by atoms with E-state index < -0.39 is 34.4 Å². The molecule has 3 N–H and O–H groups in total. The van der Waals surface area contributed by atoms with Crippen molar-refractivity contribution in [3.05, 3.63) is 35.5 Å². The van der Waals surface area contributed by atoms with E-state index >= 15 is 0 Å². The topological polar surface area (TPSA) is 146 Å². The van der Waals surface area contributed by atoms with Crippen molar-refractivity contribution >= 4 is 28.9 Å². The Balaban J connectivity index is 0.000000157. The summed E-state index contributed by atoms with van der Waals surface area (Å²) in [6.07, 6.45) is 17.2. The van der Waals surface area contributed by atoms with Crippen LogP contribution in [0.4, 0.5) is 0 Å². The number of rotatable bonds is 3. The second-order valence-corrected chi connectivity index (χ2v) is 18.4. The highest BCUT2D eigenvalue weighted by molar-refractivity contribution is 6.02. The monoisotopic (exact) mass is 688 g/mol. The van der Waals surface area contributed by atoms with E-state index in [4.69, 9.17) is 0 Å². The number of Topliss-reactive ketones (excluding diaryl/α,β-unsaturated/α-hetero) is 3. The van der Waals surface area contributed by atoms with Crippen molar-refractivity contribution in [2.24, 2.45) is 57.2 Å². The zero-order valence-corrected chi connectivity index (χ0v) is 30.6. The molecule has 0 aromatic rings. The molecule has 6 fully saturated rings. The van der Waals surface area contributed by atoms with E-state index in [9.17, 15) is 39.3 Å². The Bertz CT molecular complexity index is 1640. The molecule has 8 nitrogen and oxygen atoms in total. The van der Waals surface area contributed by atoms with Gasteiger partial charge in [0.2, 0.25) is 0 Å². The van der Waals surface area contributed by atoms with Crippen LogP contribution in [0, 0.1) is 57.2 Å². The highest BCUT2D eigenvalue weighted by atomic mass is 16.3. The number of ketones is 5. The average Bonchev–Trinajstić information content (AvgIpc) is 3.51. The fraction of sp³-hybridized carbons (Fsp3) is 0.738. The molecule has 0 aromatic heterocycles. The maximum atomic E-state index is 13.3. The largest absolute Gasteiger partial charge is 0.388 e. The lowest BCUT2D eigenvalue weighted by Crippen LogP contribution is -2.60. The zero-order chi connectivity index (χ0) is 36.2. The van der Waals surface area contributed by atoms with Crippen LogP contribution in [0.1, 0.15) is 118 Å². The van der Waals surface area contributed by atoms with E-state index in [0.717, 1.165) is 56.9 Å². The smallest absolute Gasteiger partial charge is 0.190 e. The number of allylic oxidation sites excluding steroid dienone is 5. The Kier molecular flexibility index (Phi) is 8.41. The van der Waals surface area contributed by atoms with Crippen molar-refractivity contribution in [3.63, 3.8) is 0 Å². The van der Waals surface area contributed by atoms with Crippen molar-refractivity contribution in [3.8, 4) is 0 Å². The molecule has 8 heteroatoms. The van der Waals surface area contributed by atoms with Gasteiger partial charge >= 0.3 is 0 Å². The predicted octanol–water partition coefficient (Wildman–Crippen LogP) is 5.60. The summed E-state index contributed by atoms with van der Waals surface area (Å²) in [5, 5.41) is 31.6. The fourth-order valence-corrected chi connectivity index (χ4v) is 13.8. The van der Waals surface area contributed by atoms with Gasteiger partial charge in [-0.15, -0.1) is 0 Å². The summed E-state index contributed by atoms with van der Waals surface area (Å²) < 4.78 is 0. The minimum Gasteiger partial charge on any atom is -0.388 e. The van der Waals surface area contributed by atoms with E-state index in [0.29, 0.717) is 49.2 Å². The van der Waals surface area contributed by atoms with Gasteiger partial charge in [0, 0.05) is 35.0 Å². The summed E-state index contributed by atoms with van der Waals surface area (Å²) in [5.74, 6) is 1.31. The van der Waals surface area contributed by atoms with Crippen LogP contribution in [-0.2, 0) is 24.0 Å². The van der Waals surface area contributed by atoms with E-state index in [1.807, 2.05) is 26.0 Å². The van der Waals surface area contributed by atoms with Gasteiger partial charge in [0.15, 0.2) is 23.1 Å². The Morgan fingerprint density at radius 1 is 0.740 bits per heavy atom. The Morgan fingerprint density at radius 2 is 1.36 bits per heavy atom. The van der Waals surface area contributed by atoms with E-state index in [1.54, 1.807) is 19.1 Å². The summed E-state index contributed by atoms with van der Waals surface area (Å²) >= 11 is 0. The van der Waals surface area contributed by atoms with Gasteiger partial charge in [0.05, 0.1) is 0 Å². The normalized spacial score (nSPS) is 48.8. The quantitative estimate of drug-likeness (QED) is 0.347. The summed E-state index contributed by atoms with van der Waals surface area (Å²) in [5.41, 5.74) is -1.71. The lowest BCUT2D eigenvalue weighted by atomic mass is 9.46. The molecule has 0 spiro atoms. The van der Waals surface area contributed by atoms with Gasteiger partial charge in [-0.25, -0.2) is 0 Å². The van der Waals surface area contributed by atoms with Crippen LogP contribution < -0.4 is 0 Å². The van der Waals surface area contributed by atoms with Crippen molar-refractivity contribution in [2.75, 3.05) is 6.61 Å². The van der Waals surface area contributed by atoms with E-state index in [1.165, 1.54) is 5.57 Å². The molecule has 0 amide bonds. The van der Waals surface area contributed by atoms with Gasteiger partial charge in [-0.2, -0.15) is 0 Å². The van der Waals surface area contributed by atoms with E-state index in [-0.39, 0.29) is 52.4 Å². The van der Waals surface area contributed by atoms with Crippen LogP contribution >= 0.6 is 0 Å². The van der Waals surface area contributed by atoms with Crippen LogP contribution in [0.2, 0.25) is 0 Å². The average molecular weight is 689 g/mol. The molecule has 0 heterocycles. The highest BCUT2D eigenvalue weighted by Gasteiger charge is 2.68. The summed E-state index contributed by atoms with van der Waals surface area (Å²) in [7, 11) is 0. The third kappa shape index (κ3) is 4.68. The third-order valence-electron chi connectivity index (χ3n) is 16.7. The van der Waals surface area contributed by atoms with Crippen LogP contribution in [-0.4, -0.2) is 62.0 Å². The molecule has 272 valence electrons. The molecular formula is C42H56O8. The van der Waals surface area contributed by atoms with Crippen LogP contribution in [0.15, 0.2) is 35.5 Å². The molecule has 12 atom stereocenters. The second kappa shape index (κ2) is 11.7. The molecule has 8 aliphatic carbocycles. The molecule has 8 rings (SSSR count). The molecule has 0 saturated heterocycles. The Labute approximate surface area is 296 Å². The van der Waals surface area contributed by atoms with E-state index in [2.05, 4.69) is 13.8 Å². The first-order valence-electron chi connectivity index (χ1n) is 19.2. The van der Waals surface area contributed by atoms with Gasteiger partial charge in [-0.05, 0) is 131 Å². The molecule has 0 aliphatic heterocycles. The lowest BCUT2D eigenvalue weighted by molar-refractivity contribution is -0.168. The van der Waals surface area contributed by atoms with Crippen molar-refractivity contribution in [1.29, 1.82) is 0 Å². The van der Waals surface area contributed by atoms with Crippen molar-refractivity contribution in [2.45, 2.75) is 129 Å². The number of carbonyl (C=O) groups excluding carboxylic acids is 5. The maximum absolute atomic E-state index is 13.3. The number of fused-ring (bicyclic) bond motifs is 10. The minimum atomic E-state index is -1.62. The number of carbonyl (C=O) groups is 5. The first kappa shape index (κ1) is 35.8. The van der Waals surface area contributed by atoms with Crippen LogP contribution in [0.25, 0.3) is 0 Å². The molecule has 6 saturated carbocycles. The number of aliphatic hydroxyl groups is 3. The minimum absolute atomic E-state index is 0.0206. The van der Waals surface area contributed by atoms with Crippen LogP contribution in [0.5, 0.6) is 0 Å². The molecule has 0 unspecified atom stereocenters. The lowest BCUT2D eigenvalue weighted by Gasteiger charge is -2.58. The first-order chi connectivity index (χ1) is 23.4. The number of hydrogen-bond acceptors (Lipinski definition) is 8. The van der Waals surface area contributed by atoms with Crippen LogP contribution in [0.3, 0.4) is 0 Å². The predicted molar refractivity (Wildman–Crippen MR) is 186 cm³/mol. The summed E-state index contributed by atoms with van der Waals surface area (Å²) in [6, 6.07) is 0. The summed E-state index contributed by atoms with van der Waals surface area (Å²) in [6.45, 7) is 9.29. The third-order valence-corrected chi connectivity index (χ3v) is 16.7. The van der Waals surface area contributed by atoms with Gasteiger partial charge < -0.3 is 15.3 Å². The van der Waals surface area contributed by atoms with Crippen molar-refractivity contribution in [1.82, 2.24) is 0 Å². The molecule has 50 heavy (non-hydrogen) atoms. The molecule has 0 radical (unpaired) electrons. The molecular weight excluding hydrogens is 632 g/mol. The summed E-state index contributed by atoms with van der Waals surface area (Å²) in [4.78, 5) is 61.5. The SMILES string of the molecule is CC(=O)[C@@]1(O)CC[C@H]2[C@@H]3CCC4=CC(=O)CC[C@]4(C)[C@H]3CC[C@@]21C.C[C@]12C=CC(=O)C=C1CC[C@@H]1[C@@H]2C(=O)C[C@@]2(C)[C@H]1CC[C@]2(O)C(=O)CO. The molecule has 8 aliphatic rings. The Hall–Kier alpha value is -2.55. The fourth-order valence-electron chi connectivity index (χ4n) is 13.8. The van der Waals surface area contributed by atoms with Gasteiger partial charge in [-0.3, -0.25) is 24.0 Å². The van der Waals surface area contributed by atoms with Gasteiger partial charge in [0.1, 0.15) is 23.6 Å². The maximum Gasteiger partial charge on any atom is 0.190 e.